The van der Waals surface area contributed by atoms with Gasteiger partial charge in [-0.2, -0.15) is 0 Å². The van der Waals surface area contributed by atoms with E-state index in [9.17, 15) is 14.4 Å². The molecule has 6 nitrogen and oxygen atoms in total. The van der Waals surface area contributed by atoms with Gasteiger partial charge in [-0.1, -0.05) is 17.9 Å². The molecule has 0 aromatic heterocycles. The van der Waals surface area contributed by atoms with Gasteiger partial charge in [0, 0.05) is 38.1 Å². The largest absolute Gasteiger partial charge is 0.468 e. The van der Waals surface area contributed by atoms with Gasteiger partial charge in [-0.05, 0) is 24.6 Å². The lowest BCUT2D eigenvalue weighted by molar-refractivity contribution is -0.139. The molecule has 1 N–H and O–H groups in total. The number of carbonyl (C=O) groups is 3. The number of hydrogen-bond donors (Lipinski definition) is 1. The number of nitrogens with one attached hydrogen (secondary N) is 1. The van der Waals surface area contributed by atoms with Crippen LogP contribution in [0.2, 0.25) is 0 Å². The average molecular weight is 330 g/mol. The minimum Gasteiger partial charge on any atom is -0.468 e. The number of benzene rings is 1. The molecule has 0 bridgehead atoms. The van der Waals surface area contributed by atoms with Crippen LogP contribution in [-0.2, 0) is 14.3 Å². The van der Waals surface area contributed by atoms with E-state index in [4.69, 9.17) is 0 Å². The van der Waals surface area contributed by atoms with Crippen LogP contribution in [0, 0.1) is 11.8 Å². The number of esters is 1. The summed E-state index contributed by atoms with van der Waals surface area (Å²) < 4.78 is 4.46. The first-order valence-electron chi connectivity index (χ1n) is 7.58. The van der Waals surface area contributed by atoms with Crippen molar-refractivity contribution in [3.63, 3.8) is 0 Å². The molecule has 2 amide bonds. The van der Waals surface area contributed by atoms with Crippen LogP contribution in [0.15, 0.2) is 24.3 Å². The topological polar surface area (TPSA) is 75.7 Å². The third-order valence-corrected chi connectivity index (χ3v) is 3.17. The van der Waals surface area contributed by atoms with Crippen LogP contribution in [0.5, 0.6) is 0 Å². The molecule has 0 unspecified atom stereocenters. The molecule has 0 aliphatic carbocycles. The molecule has 128 valence electrons. The summed E-state index contributed by atoms with van der Waals surface area (Å²) >= 11 is 0. The molecule has 0 aliphatic heterocycles. The zero-order chi connectivity index (χ0) is 17.9. The predicted octanol–water partition coefficient (Wildman–Crippen LogP) is 1.20. The Morgan fingerprint density at radius 3 is 2.67 bits per heavy atom. The molecule has 1 aromatic rings. The maximum absolute atomic E-state index is 11.9. The standard InChI is InChI=1S/C18H22N2O4/c1-20(2)16(21)11-6-4-5-8-14-9-7-10-15(12-14)18(23)19-13-17(22)24-3/h7,9-10,12H,4,6,11,13H2,1-3H3,(H,19,23). The highest BCUT2D eigenvalue weighted by Gasteiger charge is 2.08. The summed E-state index contributed by atoms with van der Waals surface area (Å²) in [6.45, 7) is -0.175. The first-order chi connectivity index (χ1) is 11.4. The van der Waals surface area contributed by atoms with E-state index in [1.807, 2.05) is 0 Å². The Labute approximate surface area is 142 Å². The Balaban J connectivity index is 2.54. The second-order valence-electron chi connectivity index (χ2n) is 5.28. The van der Waals surface area contributed by atoms with E-state index in [-0.39, 0.29) is 18.4 Å². The van der Waals surface area contributed by atoms with Crippen molar-refractivity contribution in [1.29, 1.82) is 0 Å². The summed E-state index contributed by atoms with van der Waals surface area (Å²) in [6.07, 6.45) is 1.78. The maximum atomic E-state index is 11.9. The molecule has 1 rings (SSSR count). The molecular weight excluding hydrogens is 308 g/mol. The van der Waals surface area contributed by atoms with E-state index in [1.54, 1.807) is 43.3 Å². The molecule has 0 radical (unpaired) electrons. The van der Waals surface area contributed by atoms with Gasteiger partial charge in [-0.3, -0.25) is 14.4 Å². The van der Waals surface area contributed by atoms with Gasteiger partial charge in [-0.15, -0.1) is 0 Å². The van der Waals surface area contributed by atoms with Crippen molar-refractivity contribution in [2.24, 2.45) is 0 Å². The van der Waals surface area contributed by atoms with Crippen LogP contribution in [0.1, 0.15) is 35.2 Å². The van der Waals surface area contributed by atoms with Gasteiger partial charge in [0.15, 0.2) is 0 Å². The van der Waals surface area contributed by atoms with Gasteiger partial charge >= 0.3 is 5.97 Å². The fourth-order valence-corrected chi connectivity index (χ4v) is 1.78. The highest BCUT2D eigenvalue weighted by Crippen LogP contribution is 2.05. The van der Waals surface area contributed by atoms with Gasteiger partial charge in [0.25, 0.3) is 5.91 Å². The highest BCUT2D eigenvalue weighted by atomic mass is 16.5. The van der Waals surface area contributed by atoms with E-state index in [1.165, 1.54) is 7.11 Å². The summed E-state index contributed by atoms with van der Waals surface area (Å²) in [5, 5.41) is 2.47. The molecule has 0 fully saturated rings. The number of ether oxygens (including phenoxy) is 1. The van der Waals surface area contributed by atoms with Gasteiger partial charge in [0.2, 0.25) is 5.91 Å². The summed E-state index contributed by atoms with van der Waals surface area (Å²) in [7, 11) is 4.71. The molecular formula is C18H22N2O4. The van der Waals surface area contributed by atoms with E-state index < -0.39 is 5.97 Å². The van der Waals surface area contributed by atoms with Crippen molar-refractivity contribution in [1.82, 2.24) is 10.2 Å². The Kier molecular flexibility index (Phi) is 8.06. The van der Waals surface area contributed by atoms with Gasteiger partial charge < -0.3 is 15.0 Å². The molecule has 0 saturated heterocycles. The van der Waals surface area contributed by atoms with Crippen LogP contribution in [0.25, 0.3) is 0 Å². The third-order valence-electron chi connectivity index (χ3n) is 3.17. The Bertz CT molecular complexity index is 656. The Hall–Kier alpha value is -2.81. The van der Waals surface area contributed by atoms with Gasteiger partial charge in [0.1, 0.15) is 6.54 Å². The van der Waals surface area contributed by atoms with E-state index in [0.717, 1.165) is 0 Å². The van der Waals surface area contributed by atoms with Crippen LogP contribution in [0.4, 0.5) is 0 Å². The first-order valence-corrected chi connectivity index (χ1v) is 7.58. The molecule has 1 aromatic carbocycles. The van der Waals surface area contributed by atoms with Crippen LogP contribution in [-0.4, -0.2) is 50.4 Å². The van der Waals surface area contributed by atoms with Crippen molar-refractivity contribution in [2.75, 3.05) is 27.7 Å². The monoisotopic (exact) mass is 330 g/mol. The molecule has 0 saturated carbocycles. The maximum Gasteiger partial charge on any atom is 0.325 e. The Morgan fingerprint density at radius 2 is 2.00 bits per heavy atom. The van der Waals surface area contributed by atoms with Crippen molar-refractivity contribution < 1.29 is 19.1 Å². The predicted molar refractivity (Wildman–Crippen MR) is 90.2 cm³/mol. The molecule has 24 heavy (non-hydrogen) atoms. The average Bonchev–Trinajstić information content (AvgIpc) is 2.58. The van der Waals surface area contributed by atoms with Crippen molar-refractivity contribution in [3.8, 4) is 11.8 Å². The SMILES string of the molecule is COC(=O)CNC(=O)c1cccc(C#CCCCC(=O)N(C)C)c1. The lowest BCUT2D eigenvalue weighted by atomic mass is 10.1. The number of amides is 2. The quantitative estimate of drug-likeness (QED) is 0.483. The van der Waals surface area contributed by atoms with Crippen LogP contribution < -0.4 is 5.32 Å². The minimum atomic E-state index is -0.508. The fourth-order valence-electron chi connectivity index (χ4n) is 1.78. The molecule has 6 heteroatoms. The first kappa shape index (κ1) is 19.2. The zero-order valence-corrected chi connectivity index (χ0v) is 14.2. The number of unbranched alkanes of at least 4 members (excludes halogenated alkanes) is 1. The number of methoxy groups -OCH3 is 1. The zero-order valence-electron chi connectivity index (χ0n) is 14.2. The smallest absolute Gasteiger partial charge is 0.325 e. The van der Waals surface area contributed by atoms with E-state index in [0.29, 0.717) is 30.4 Å². The molecule has 0 atom stereocenters. The summed E-state index contributed by atoms with van der Waals surface area (Å²) in [6, 6.07) is 6.83. The summed E-state index contributed by atoms with van der Waals surface area (Å²) in [4.78, 5) is 35.9. The molecule has 0 spiro atoms. The minimum absolute atomic E-state index is 0.0843. The summed E-state index contributed by atoms with van der Waals surface area (Å²) in [5.74, 6) is 5.18. The third kappa shape index (κ3) is 6.97. The second-order valence-corrected chi connectivity index (χ2v) is 5.28. The molecule has 0 heterocycles. The number of rotatable bonds is 6. The highest BCUT2D eigenvalue weighted by molar-refractivity contribution is 5.96. The van der Waals surface area contributed by atoms with Crippen molar-refractivity contribution in [2.45, 2.75) is 19.3 Å². The molecule has 0 aliphatic rings. The van der Waals surface area contributed by atoms with E-state index >= 15 is 0 Å². The Morgan fingerprint density at radius 1 is 1.25 bits per heavy atom. The van der Waals surface area contributed by atoms with E-state index in [2.05, 4.69) is 21.9 Å². The summed E-state index contributed by atoms with van der Waals surface area (Å²) in [5.41, 5.74) is 1.13. The number of hydrogen-bond acceptors (Lipinski definition) is 4. The van der Waals surface area contributed by atoms with Crippen molar-refractivity contribution >= 4 is 17.8 Å². The van der Waals surface area contributed by atoms with Crippen molar-refractivity contribution in [3.05, 3.63) is 35.4 Å². The lowest BCUT2D eigenvalue weighted by Gasteiger charge is -2.08. The number of carbonyl (C=O) groups excluding carboxylic acids is 3. The number of nitrogens with zero attached hydrogens (tertiary/aromatic N) is 1. The lowest BCUT2D eigenvalue weighted by Crippen LogP contribution is -2.30. The van der Waals surface area contributed by atoms with Gasteiger partial charge in [0.05, 0.1) is 7.11 Å². The van der Waals surface area contributed by atoms with Crippen LogP contribution in [0.3, 0.4) is 0 Å². The van der Waals surface area contributed by atoms with Crippen LogP contribution >= 0.6 is 0 Å². The van der Waals surface area contributed by atoms with Gasteiger partial charge in [-0.25, -0.2) is 0 Å². The fraction of sp³-hybridized carbons (Fsp3) is 0.389. The second kappa shape index (κ2) is 10.1. The normalized spacial score (nSPS) is 9.46.